The molecule has 0 saturated carbocycles. The fourth-order valence-corrected chi connectivity index (χ4v) is 5.56. The third-order valence-corrected chi connectivity index (χ3v) is 7.87. The highest BCUT2D eigenvalue weighted by atomic mass is 16.7. The van der Waals surface area contributed by atoms with Gasteiger partial charge in [0.1, 0.15) is 12.3 Å². The number of fused-ring (bicyclic) bond motifs is 1. The first-order valence-electron chi connectivity index (χ1n) is 14.4. The second-order valence-electron chi connectivity index (χ2n) is 10.6. The molecule has 6 rings (SSSR count). The van der Waals surface area contributed by atoms with Gasteiger partial charge in [0.25, 0.3) is 5.91 Å². The summed E-state index contributed by atoms with van der Waals surface area (Å²) < 4.78 is 22.0. The molecular weight excluding hydrogens is 538 g/mol. The fourth-order valence-electron chi connectivity index (χ4n) is 5.56. The number of amides is 2. The molecule has 2 aromatic carbocycles. The van der Waals surface area contributed by atoms with E-state index in [4.69, 9.17) is 18.9 Å². The summed E-state index contributed by atoms with van der Waals surface area (Å²) in [6.07, 6.45) is 2.53. The van der Waals surface area contributed by atoms with E-state index in [9.17, 15) is 9.59 Å². The molecule has 0 radical (unpaired) electrons. The second kappa shape index (κ2) is 12.6. The number of nitrogens with zero attached hydrogens (tertiary/aromatic N) is 5. The summed E-state index contributed by atoms with van der Waals surface area (Å²) >= 11 is 0. The highest BCUT2D eigenvalue weighted by Crippen LogP contribution is 2.33. The molecule has 0 spiro atoms. The number of carbonyl (C=O) groups excluding carboxylic acids is 2. The van der Waals surface area contributed by atoms with E-state index in [-0.39, 0.29) is 31.3 Å². The van der Waals surface area contributed by atoms with Gasteiger partial charge in [-0.05, 0) is 61.7 Å². The van der Waals surface area contributed by atoms with Gasteiger partial charge >= 0.3 is 0 Å². The van der Waals surface area contributed by atoms with E-state index in [0.717, 1.165) is 48.6 Å². The lowest BCUT2D eigenvalue weighted by Gasteiger charge is -2.28. The van der Waals surface area contributed by atoms with Crippen molar-refractivity contribution >= 4 is 17.6 Å². The van der Waals surface area contributed by atoms with Crippen LogP contribution in [0.3, 0.4) is 0 Å². The van der Waals surface area contributed by atoms with Crippen LogP contribution < -0.4 is 19.1 Å². The molecule has 0 bridgehead atoms. The molecule has 3 aliphatic heterocycles. The van der Waals surface area contributed by atoms with Gasteiger partial charge in [-0.15, -0.1) is 10.2 Å². The van der Waals surface area contributed by atoms with Crippen LogP contribution in [-0.4, -0.2) is 97.7 Å². The first-order chi connectivity index (χ1) is 20.6. The Morgan fingerprint density at radius 3 is 2.69 bits per heavy atom. The van der Waals surface area contributed by atoms with Gasteiger partial charge in [-0.25, -0.2) is 0 Å². The van der Waals surface area contributed by atoms with Crippen LogP contribution in [0.25, 0.3) is 11.3 Å². The summed E-state index contributed by atoms with van der Waals surface area (Å²) in [6.45, 7) is 3.69. The van der Waals surface area contributed by atoms with E-state index in [0.29, 0.717) is 49.8 Å². The van der Waals surface area contributed by atoms with E-state index < -0.39 is 0 Å². The third-order valence-electron chi connectivity index (χ3n) is 7.87. The number of ether oxygens (including phenoxy) is 4. The molecule has 0 aliphatic carbocycles. The maximum atomic E-state index is 13.6. The first kappa shape index (κ1) is 27.8. The summed E-state index contributed by atoms with van der Waals surface area (Å²) in [5.41, 5.74) is 2.16. The van der Waals surface area contributed by atoms with Gasteiger partial charge < -0.3 is 33.6 Å². The maximum Gasteiger partial charge on any atom is 0.254 e. The predicted molar refractivity (Wildman–Crippen MR) is 155 cm³/mol. The number of anilines is 1. The molecule has 220 valence electrons. The molecule has 42 heavy (non-hydrogen) atoms. The molecule has 0 unspecified atom stereocenters. The van der Waals surface area contributed by atoms with Gasteiger partial charge in [0.2, 0.25) is 12.7 Å². The van der Waals surface area contributed by atoms with Crippen LogP contribution >= 0.6 is 0 Å². The van der Waals surface area contributed by atoms with E-state index in [1.807, 2.05) is 41.3 Å². The number of hydrogen-bond donors (Lipinski definition) is 0. The van der Waals surface area contributed by atoms with Crippen LogP contribution in [0.4, 0.5) is 5.82 Å². The lowest BCUT2D eigenvalue weighted by atomic mass is 10.1. The molecular formula is C31H35N5O6. The van der Waals surface area contributed by atoms with Crippen molar-refractivity contribution in [2.75, 3.05) is 64.7 Å². The average molecular weight is 574 g/mol. The SMILES string of the molecule is COc1cccc(-c2ccc(N3CCCN(C(=O)CN(C[C@H]4CCCO4)C(=O)c4ccc5c(c4)OCO5)CC3)nn2)c1. The minimum Gasteiger partial charge on any atom is -0.497 e. The van der Waals surface area contributed by atoms with Crippen LogP contribution in [0.5, 0.6) is 17.2 Å². The van der Waals surface area contributed by atoms with Crippen molar-refractivity contribution in [3.63, 3.8) is 0 Å². The first-order valence-corrected chi connectivity index (χ1v) is 14.4. The zero-order valence-electron chi connectivity index (χ0n) is 23.7. The van der Waals surface area contributed by atoms with Crippen LogP contribution in [-0.2, 0) is 9.53 Å². The highest BCUT2D eigenvalue weighted by molar-refractivity contribution is 5.97. The number of rotatable bonds is 8. The monoisotopic (exact) mass is 573 g/mol. The number of benzene rings is 2. The smallest absolute Gasteiger partial charge is 0.254 e. The lowest BCUT2D eigenvalue weighted by Crippen LogP contribution is -2.46. The predicted octanol–water partition coefficient (Wildman–Crippen LogP) is 3.24. The summed E-state index contributed by atoms with van der Waals surface area (Å²) in [5.74, 6) is 2.39. The number of aromatic nitrogens is 2. The van der Waals surface area contributed by atoms with Crippen molar-refractivity contribution in [3.05, 3.63) is 60.2 Å². The Labute approximate surface area is 244 Å². The maximum absolute atomic E-state index is 13.6. The summed E-state index contributed by atoms with van der Waals surface area (Å²) in [4.78, 5) is 32.7. The molecule has 11 heteroatoms. The van der Waals surface area contributed by atoms with Gasteiger partial charge in [-0.3, -0.25) is 9.59 Å². The molecule has 2 amide bonds. The molecule has 3 aliphatic rings. The summed E-state index contributed by atoms with van der Waals surface area (Å²) in [5, 5.41) is 8.92. The standard InChI is InChI=1S/C31H35N5O6/c1-39-24-6-2-5-22(17-24)26-9-11-29(33-32-26)34-12-4-13-35(15-14-34)30(37)20-36(19-25-7-3-16-40-25)31(38)23-8-10-27-28(18-23)42-21-41-27/h2,5-6,8-11,17-18,25H,3-4,7,12-16,19-21H2,1H3/t25-/m1/s1. The quantitative estimate of drug-likeness (QED) is 0.402. The molecule has 2 fully saturated rings. The highest BCUT2D eigenvalue weighted by Gasteiger charge is 2.29. The van der Waals surface area contributed by atoms with Crippen molar-refractivity contribution in [3.8, 4) is 28.5 Å². The Morgan fingerprint density at radius 1 is 0.976 bits per heavy atom. The Morgan fingerprint density at radius 2 is 1.88 bits per heavy atom. The molecule has 1 aromatic heterocycles. The number of carbonyl (C=O) groups is 2. The van der Waals surface area contributed by atoms with Gasteiger partial charge in [-0.2, -0.15) is 0 Å². The van der Waals surface area contributed by atoms with Gasteiger partial charge in [-0.1, -0.05) is 12.1 Å². The Kier molecular flexibility index (Phi) is 8.36. The van der Waals surface area contributed by atoms with Crippen LogP contribution in [0.15, 0.2) is 54.6 Å². The van der Waals surface area contributed by atoms with E-state index in [2.05, 4.69) is 15.1 Å². The van der Waals surface area contributed by atoms with Crippen LogP contribution in [0.1, 0.15) is 29.6 Å². The Hall–Kier alpha value is -4.38. The largest absolute Gasteiger partial charge is 0.497 e. The average Bonchev–Trinajstić information content (AvgIpc) is 3.66. The van der Waals surface area contributed by atoms with Crippen molar-refractivity contribution in [1.82, 2.24) is 20.0 Å². The molecule has 4 heterocycles. The summed E-state index contributed by atoms with van der Waals surface area (Å²) in [6, 6.07) is 16.8. The zero-order chi connectivity index (χ0) is 28.9. The van der Waals surface area contributed by atoms with Crippen molar-refractivity contribution in [1.29, 1.82) is 0 Å². The van der Waals surface area contributed by atoms with Crippen molar-refractivity contribution in [2.24, 2.45) is 0 Å². The zero-order valence-corrected chi connectivity index (χ0v) is 23.7. The van der Waals surface area contributed by atoms with E-state index in [1.165, 1.54) is 0 Å². The van der Waals surface area contributed by atoms with Gasteiger partial charge in [0.05, 0.1) is 18.9 Å². The van der Waals surface area contributed by atoms with E-state index in [1.54, 1.807) is 30.2 Å². The van der Waals surface area contributed by atoms with Gasteiger partial charge in [0, 0.05) is 50.5 Å². The van der Waals surface area contributed by atoms with Crippen LogP contribution in [0.2, 0.25) is 0 Å². The normalized spacial score (nSPS) is 18.1. The molecule has 0 N–H and O–H groups in total. The summed E-state index contributed by atoms with van der Waals surface area (Å²) in [7, 11) is 1.64. The molecule has 1 atom stereocenters. The van der Waals surface area contributed by atoms with Crippen molar-refractivity contribution < 1.29 is 28.5 Å². The topological polar surface area (TPSA) is 107 Å². The second-order valence-corrected chi connectivity index (χ2v) is 10.6. The number of methoxy groups -OCH3 is 1. The minimum absolute atomic E-state index is 0.0117. The molecule has 2 saturated heterocycles. The fraction of sp³-hybridized carbons (Fsp3) is 0.419. The Balaban J connectivity index is 1.10. The van der Waals surface area contributed by atoms with E-state index >= 15 is 0 Å². The minimum atomic E-state index is -0.222. The Bertz CT molecular complexity index is 1410. The van der Waals surface area contributed by atoms with Crippen molar-refractivity contribution in [2.45, 2.75) is 25.4 Å². The van der Waals surface area contributed by atoms with Gasteiger partial charge in [0.15, 0.2) is 17.3 Å². The molecule has 3 aromatic rings. The van der Waals surface area contributed by atoms with Crippen LogP contribution in [0, 0.1) is 0 Å². The lowest BCUT2D eigenvalue weighted by molar-refractivity contribution is -0.132. The third kappa shape index (κ3) is 6.25. The number of hydrogen-bond acceptors (Lipinski definition) is 9. The molecule has 11 nitrogen and oxygen atoms in total.